The highest BCUT2D eigenvalue weighted by molar-refractivity contribution is 7.99. The molecule has 1 aliphatic rings. The van der Waals surface area contributed by atoms with Gasteiger partial charge in [0.25, 0.3) is 0 Å². The van der Waals surface area contributed by atoms with E-state index in [1.165, 1.54) is 16.4 Å². The maximum Gasteiger partial charge on any atom is 0.249 e. The molecular formula is C20H24ClN7O2S. The third-order valence-corrected chi connectivity index (χ3v) is 6.10. The van der Waals surface area contributed by atoms with E-state index in [2.05, 4.69) is 20.4 Å². The van der Waals surface area contributed by atoms with Crippen LogP contribution in [0.15, 0.2) is 33.8 Å². The summed E-state index contributed by atoms with van der Waals surface area (Å²) in [4.78, 5) is 14.7. The van der Waals surface area contributed by atoms with Gasteiger partial charge in [0.05, 0.1) is 22.9 Å². The number of thioether (sulfide) groups is 1. The Kier molecular flexibility index (Phi) is 5.94. The number of carbonyl (C=O) groups excluding carboxylic acids is 1. The zero-order valence-electron chi connectivity index (χ0n) is 17.6. The van der Waals surface area contributed by atoms with Crippen LogP contribution in [0.2, 0.25) is 5.02 Å². The molecule has 2 heterocycles. The van der Waals surface area contributed by atoms with E-state index in [0.29, 0.717) is 33.3 Å². The van der Waals surface area contributed by atoms with Crippen LogP contribution in [0.1, 0.15) is 45.3 Å². The normalized spacial score (nSPS) is 14.1. The Morgan fingerprint density at radius 2 is 2.00 bits per heavy atom. The first-order chi connectivity index (χ1) is 14.7. The summed E-state index contributed by atoms with van der Waals surface area (Å²) in [6.45, 7) is 6.28. The zero-order chi connectivity index (χ0) is 22.2. The van der Waals surface area contributed by atoms with E-state index in [1.807, 2.05) is 39.0 Å². The van der Waals surface area contributed by atoms with Crippen LogP contribution < -0.4 is 5.84 Å². The fourth-order valence-corrected chi connectivity index (χ4v) is 4.07. The maximum absolute atomic E-state index is 12.9. The highest BCUT2D eigenvalue weighted by atomic mass is 35.5. The molecule has 0 radical (unpaired) electrons. The first-order valence-corrected chi connectivity index (χ1v) is 11.3. The number of aromatic nitrogens is 5. The average molecular weight is 462 g/mol. The predicted molar refractivity (Wildman–Crippen MR) is 118 cm³/mol. The van der Waals surface area contributed by atoms with E-state index in [4.69, 9.17) is 21.9 Å². The Hall–Kier alpha value is -2.59. The fourth-order valence-electron chi connectivity index (χ4n) is 3.11. The Morgan fingerprint density at radius 1 is 1.26 bits per heavy atom. The second-order valence-corrected chi connectivity index (χ2v) is 9.80. The van der Waals surface area contributed by atoms with Crippen LogP contribution in [0.3, 0.4) is 0 Å². The molecule has 0 saturated heterocycles. The average Bonchev–Trinajstić information content (AvgIpc) is 3.32. The molecule has 0 aliphatic heterocycles. The van der Waals surface area contributed by atoms with Gasteiger partial charge < -0.3 is 15.2 Å². The lowest BCUT2D eigenvalue weighted by molar-refractivity contribution is -0.129. The number of nitrogens with two attached hydrogens (primary N) is 1. The molecule has 0 unspecified atom stereocenters. The van der Waals surface area contributed by atoms with Crippen LogP contribution in [0.5, 0.6) is 0 Å². The van der Waals surface area contributed by atoms with Gasteiger partial charge in [-0.05, 0) is 25.0 Å². The third kappa shape index (κ3) is 4.85. The molecule has 1 amide bonds. The van der Waals surface area contributed by atoms with Gasteiger partial charge in [-0.2, -0.15) is 0 Å². The predicted octanol–water partition coefficient (Wildman–Crippen LogP) is 3.28. The van der Waals surface area contributed by atoms with E-state index in [1.54, 1.807) is 11.0 Å². The van der Waals surface area contributed by atoms with Crippen molar-refractivity contribution in [2.75, 3.05) is 11.6 Å². The molecule has 11 heteroatoms. The van der Waals surface area contributed by atoms with E-state index in [-0.39, 0.29) is 29.7 Å². The number of halogens is 1. The summed E-state index contributed by atoms with van der Waals surface area (Å²) in [6.07, 6.45) is 1.92. The first-order valence-electron chi connectivity index (χ1n) is 9.94. The van der Waals surface area contributed by atoms with Gasteiger partial charge >= 0.3 is 0 Å². The summed E-state index contributed by atoms with van der Waals surface area (Å²) in [5.41, 5.74) is 0.432. The number of nitrogen functional groups attached to an aromatic ring is 1. The minimum atomic E-state index is -0.234. The highest BCUT2D eigenvalue weighted by Crippen LogP contribution is 2.31. The third-order valence-electron chi connectivity index (χ3n) is 4.84. The summed E-state index contributed by atoms with van der Waals surface area (Å²) >= 11 is 7.48. The van der Waals surface area contributed by atoms with Crippen LogP contribution in [-0.2, 0) is 16.8 Å². The lowest BCUT2D eigenvalue weighted by Gasteiger charge is -2.20. The Bertz CT molecular complexity index is 1090. The highest BCUT2D eigenvalue weighted by Gasteiger charge is 2.34. The molecule has 0 atom stereocenters. The minimum absolute atomic E-state index is 0.0368. The molecule has 3 aromatic rings. The van der Waals surface area contributed by atoms with Gasteiger partial charge in [-0.1, -0.05) is 56.3 Å². The van der Waals surface area contributed by atoms with Gasteiger partial charge in [-0.25, -0.2) is 4.68 Å². The Labute approximate surface area is 189 Å². The van der Waals surface area contributed by atoms with Crippen molar-refractivity contribution in [3.63, 3.8) is 0 Å². The van der Waals surface area contributed by atoms with Crippen LogP contribution in [0.4, 0.5) is 0 Å². The fraction of sp³-hybridized carbons (Fsp3) is 0.450. The van der Waals surface area contributed by atoms with Crippen molar-refractivity contribution in [3.8, 4) is 11.5 Å². The van der Waals surface area contributed by atoms with Crippen molar-refractivity contribution in [1.29, 1.82) is 0 Å². The van der Waals surface area contributed by atoms with E-state index >= 15 is 0 Å². The number of nitrogens with zero attached hydrogens (tertiary/aromatic N) is 6. The van der Waals surface area contributed by atoms with Crippen LogP contribution in [0, 0.1) is 0 Å². The maximum atomic E-state index is 12.9. The number of amides is 1. The number of benzene rings is 1. The molecule has 164 valence electrons. The molecule has 4 rings (SSSR count). The summed E-state index contributed by atoms with van der Waals surface area (Å²) < 4.78 is 7.23. The van der Waals surface area contributed by atoms with Crippen LogP contribution >= 0.6 is 23.4 Å². The second-order valence-electron chi connectivity index (χ2n) is 8.45. The number of hydrogen-bond donors (Lipinski definition) is 1. The SMILES string of the molecule is CC(C)(C)c1nnc(SCC(=O)N(Cc2nnc(-c3ccccc3Cl)o2)C2CC2)n1N. The van der Waals surface area contributed by atoms with Crippen LogP contribution in [-0.4, -0.2) is 47.7 Å². The second kappa shape index (κ2) is 8.51. The molecule has 1 aromatic carbocycles. The molecule has 0 bridgehead atoms. The van der Waals surface area contributed by atoms with Crippen molar-refractivity contribution in [2.24, 2.45) is 0 Å². The molecule has 31 heavy (non-hydrogen) atoms. The molecule has 1 aliphatic carbocycles. The first kappa shape index (κ1) is 21.6. The molecule has 2 N–H and O–H groups in total. The summed E-state index contributed by atoms with van der Waals surface area (Å²) in [5, 5.41) is 17.5. The van der Waals surface area contributed by atoms with E-state index in [0.717, 1.165) is 12.8 Å². The van der Waals surface area contributed by atoms with E-state index < -0.39 is 0 Å². The van der Waals surface area contributed by atoms with Crippen molar-refractivity contribution < 1.29 is 9.21 Å². The molecular weight excluding hydrogens is 438 g/mol. The lowest BCUT2D eigenvalue weighted by atomic mass is 9.96. The van der Waals surface area contributed by atoms with Gasteiger partial charge in [0.1, 0.15) is 0 Å². The molecule has 0 spiro atoms. The largest absolute Gasteiger partial charge is 0.419 e. The molecule has 9 nitrogen and oxygen atoms in total. The van der Waals surface area contributed by atoms with Gasteiger partial charge in [0.15, 0.2) is 5.82 Å². The van der Waals surface area contributed by atoms with Gasteiger partial charge in [0.2, 0.25) is 22.8 Å². The van der Waals surface area contributed by atoms with Crippen molar-refractivity contribution in [3.05, 3.63) is 41.0 Å². The topological polar surface area (TPSA) is 116 Å². The quantitative estimate of drug-likeness (QED) is 0.421. The standard InChI is InChI=1S/C20H24ClN7O2S/c1-20(2,3)18-25-26-19(28(18)22)31-11-16(29)27(12-8-9-12)10-15-23-24-17(30-15)13-6-4-5-7-14(13)21/h4-7,12H,8-11,22H2,1-3H3. The molecule has 2 aromatic heterocycles. The van der Waals surface area contributed by atoms with Gasteiger partial charge in [-0.15, -0.1) is 20.4 Å². The van der Waals surface area contributed by atoms with Crippen molar-refractivity contribution in [2.45, 2.75) is 56.8 Å². The lowest BCUT2D eigenvalue weighted by Crippen LogP contribution is -2.34. The smallest absolute Gasteiger partial charge is 0.249 e. The van der Waals surface area contributed by atoms with E-state index in [9.17, 15) is 4.79 Å². The summed E-state index contributed by atoms with van der Waals surface area (Å²) in [5.74, 6) is 7.65. The monoisotopic (exact) mass is 461 g/mol. The number of rotatable bonds is 7. The minimum Gasteiger partial charge on any atom is -0.419 e. The van der Waals surface area contributed by atoms with Crippen molar-refractivity contribution in [1.82, 2.24) is 30.0 Å². The van der Waals surface area contributed by atoms with Crippen LogP contribution in [0.25, 0.3) is 11.5 Å². The molecule has 1 fully saturated rings. The summed E-state index contributed by atoms with van der Waals surface area (Å²) in [6, 6.07) is 7.45. The number of hydrogen-bond acceptors (Lipinski definition) is 8. The van der Waals surface area contributed by atoms with Gasteiger partial charge in [0, 0.05) is 11.5 Å². The summed E-state index contributed by atoms with van der Waals surface area (Å²) in [7, 11) is 0. The zero-order valence-corrected chi connectivity index (χ0v) is 19.2. The Balaban J connectivity index is 1.43. The molecule has 1 saturated carbocycles. The Morgan fingerprint density at radius 3 is 2.65 bits per heavy atom. The van der Waals surface area contributed by atoms with Gasteiger partial charge in [-0.3, -0.25) is 4.79 Å². The number of carbonyl (C=O) groups is 1. The van der Waals surface area contributed by atoms with Crippen molar-refractivity contribution >= 4 is 29.3 Å².